The van der Waals surface area contributed by atoms with Crippen LogP contribution in [0.2, 0.25) is 0 Å². The van der Waals surface area contributed by atoms with E-state index in [2.05, 4.69) is 20.5 Å². The molecule has 0 bridgehead atoms. The van der Waals surface area contributed by atoms with E-state index in [-0.39, 0.29) is 0 Å². The summed E-state index contributed by atoms with van der Waals surface area (Å²) >= 11 is 0. The van der Waals surface area contributed by atoms with Crippen molar-refractivity contribution in [3.63, 3.8) is 0 Å². The molecule has 6 heteroatoms. The Morgan fingerprint density at radius 2 is 1.86 bits per heavy atom. The molecule has 1 aliphatic rings. The van der Waals surface area contributed by atoms with Gasteiger partial charge < -0.3 is 15.5 Å². The first kappa shape index (κ1) is 19.2. The highest BCUT2D eigenvalue weighted by molar-refractivity contribution is 6.01. The topological polar surface area (TPSA) is 57.3 Å². The lowest BCUT2D eigenvalue weighted by Crippen LogP contribution is -2.30. The number of benzene rings is 2. The van der Waals surface area contributed by atoms with E-state index in [1.165, 1.54) is 12.5 Å². The maximum absolute atomic E-state index is 14.7. The Bertz CT molecular complexity index is 1030. The molecule has 1 aromatic heterocycles. The number of urea groups is 1. The fraction of sp³-hybridized carbons (Fsp3) is 0.304. The molecule has 2 heterocycles. The number of rotatable bonds is 4. The monoisotopic (exact) mass is 392 g/mol. The van der Waals surface area contributed by atoms with Gasteiger partial charge in [0.1, 0.15) is 11.3 Å². The van der Waals surface area contributed by atoms with E-state index >= 15 is 0 Å². The number of piperidine rings is 1. The van der Waals surface area contributed by atoms with Gasteiger partial charge in [0.2, 0.25) is 0 Å². The van der Waals surface area contributed by atoms with Crippen LogP contribution in [0.4, 0.5) is 26.4 Å². The maximum atomic E-state index is 14.7. The zero-order valence-electron chi connectivity index (χ0n) is 16.5. The van der Waals surface area contributed by atoms with Crippen molar-refractivity contribution < 1.29 is 9.18 Å². The lowest BCUT2D eigenvalue weighted by Gasteiger charge is -2.27. The quantitative estimate of drug-likeness (QED) is 0.610. The summed E-state index contributed by atoms with van der Waals surface area (Å²) < 4.78 is 14.7. The van der Waals surface area contributed by atoms with Crippen LogP contribution in [0.25, 0.3) is 10.9 Å². The number of pyridine rings is 1. The number of carbonyl (C=O) groups is 1. The van der Waals surface area contributed by atoms with Crippen LogP contribution in [0.15, 0.2) is 48.5 Å². The van der Waals surface area contributed by atoms with Crippen molar-refractivity contribution in [2.24, 2.45) is 0 Å². The van der Waals surface area contributed by atoms with Crippen molar-refractivity contribution in [1.29, 1.82) is 0 Å². The van der Waals surface area contributed by atoms with Crippen LogP contribution < -0.4 is 15.5 Å². The van der Waals surface area contributed by atoms with E-state index in [1.54, 1.807) is 6.07 Å². The van der Waals surface area contributed by atoms with Gasteiger partial charge in [0.15, 0.2) is 5.82 Å². The summed E-state index contributed by atoms with van der Waals surface area (Å²) in [5, 5.41) is 6.22. The molecule has 3 aromatic rings. The van der Waals surface area contributed by atoms with E-state index in [9.17, 15) is 9.18 Å². The van der Waals surface area contributed by atoms with Gasteiger partial charge in [-0.3, -0.25) is 0 Å². The Labute approximate surface area is 169 Å². The second-order valence-electron chi connectivity index (χ2n) is 7.34. The molecule has 0 radical (unpaired) electrons. The molecule has 0 unspecified atom stereocenters. The second kappa shape index (κ2) is 8.47. The van der Waals surface area contributed by atoms with E-state index in [1.807, 2.05) is 43.3 Å². The van der Waals surface area contributed by atoms with Gasteiger partial charge in [-0.2, -0.15) is 0 Å². The highest BCUT2D eigenvalue weighted by atomic mass is 19.1. The first-order valence-corrected chi connectivity index (χ1v) is 10.1. The first-order chi connectivity index (χ1) is 14.1. The van der Waals surface area contributed by atoms with Crippen molar-refractivity contribution in [2.75, 3.05) is 28.6 Å². The Morgan fingerprint density at radius 1 is 1.07 bits per heavy atom. The summed E-state index contributed by atoms with van der Waals surface area (Å²) in [5.41, 5.74) is 2.52. The second-order valence-corrected chi connectivity index (χ2v) is 7.34. The third kappa shape index (κ3) is 4.31. The van der Waals surface area contributed by atoms with E-state index in [0.717, 1.165) is 49.4 Å². The highest BCUT2D eigenvalue weighted by Crippen LogP contribution is 2.26. The van der Waals surface area contributed by atoms with Crippen molar-refractivity contribution in [1.82, 2.24) is 4.98 Å². The molecule has 0 saturated carbocycles. The summed E-state index contributed by atoms with van der Waals surface area (Å²) in [4.78, 5) is 19.1. The number of hydrogen-bond acceptors (Lipinski definition) is 3. The molecule has 0 aliphatic carbocycles. The molecular formula is C23H25FN4O. The molecule has 29 heavy (non-hydrogen) atoms. The predicted octanol–water partition coefficient (Wildman–Crippen LogP) is 5.57. The van der Waals surface area contributed by atoms with E-state index in [4.69, 9.17) is 0 Å². The van der Waals surface area contributed by atoms with Crippen LogP contribution in [0.1, 0.15) is 31.7 Å². The van der Waals surface area contributed by atoms with Crippen LogP contribution in [0.3, 0.4) is 0 Å². The fourth-order valence-corrected chi connectivity index (χ4v) is 3.79. The minimum atomic E-state index is -0.439. The third-order valence-corrected chi connectivity index (χ3v) is 5.32. The van der Waals surface area contributed by atoms with E-state index < -0.39 is 11.8 Å². The summed E-state index contributed by atoms with van der Waals surface area (Å²) in [6.45, 7) is 3.95. The van der Waals surface area contributed by atoms with Crippen molar-refractivity contribution in [3.05, 3.63) is 59.9 Å². The average molecular weight is 392 g/mol. The molecule has 2 amide bonds. The minimum Gasteiger partial charge on any atom is -0.357 e. The average Bonchev–Trinajstić information content (AvgIpc) is 2.74. The number of aromatic nitrogens is 1. The summed E-state index contributed by atoms with van der Waals surface area (Å²) in [6.07, 6.45) is 4.33. The smallest absolute Gasteiger partial charge is 0.323 e. The summed E-state index contributed by atoms with van der Waals surface area (Å²) in [5.74, 6) is 0.372. The molecule has 2 aromatic carbocycles. The lowest BCUT2D eigenvalue weighted by atomic mass is 10.1. The van der Waals surface area contributed by atoms with Crippen LogP contribution in [-0.4, -0.2) is 24.1 Å². The highest BCUT2D eigenvalue weighted by Gasteiger charge is 2.15. The lowest BCUT2D eigenvalue weighted by molar-refractivity contribution is 0.262. The molecule has 150 valence electrons. The molecule has 1 saturated heterocycles. The largest absolute Gasteiger partial charge is 0.357 e. The van der Waals surface area contributed by atoms with E-state index in [0.29, 0.717) is 16.6 Å². The maximum Gasteiger partial charge on any atom is 0.323 e. The molecule has 4 rings (SSSR count). The predicted molar refractivity (Wildman–Crippen MR) is 116 cm³/mol. The van der Waals surface area contributed by atoms with Gasteiger partial charge in [0, 0.05) is 29.9 Å². The number of hydrogen-bond donors (Lipinski definition) is 2. The number of carbonyl (C=O) groups excluding carboxylic acids is 1. The molecule has 0 spiro atoms. The van der Waals surface area contributed by atoms with Gasteiger partial charge in [-0.25, -0.2) is 14.2 Å². The third-order valence-electron chi connectivity index (χ3n) is 5.32. The van der Waals surface area contributed by atoms with Gasteiger partial charge in [-0.1, -0.05) is 25.1 Å². The Hall–Kier alpha value is -3.15. The van der Waals surface area contributed by atoms with Crippen LogP contribution in [-0.2, 0) is 6.42 Å². The Balaban J connectivity index is 1.53. The van der Waals surface area contributed by atoms with Gasteiger partial charge in [0.05, 0.1) is 0 Å². The van der Waals surface area contributed by atoms with Gasteiger partial charge >= 0.3 is 6.03 Å². The molecule has 2 N–H and O–H groups in total. The number of aryl methyl sites for hydroxylation is 1. The number of nitrogens with zero attached hydrogens (tertiary/aromatic N) is 2. The van der Waals surface area contributed by atoms with Gasteiger partial charge in [-0.15, -0.1) is 0 Å². The van der Waals surface area contributed by atoms with Crippen molar-refractivity contribution in [2.45, 2.75) is 32.6 Å². The van der Waals surface area contributed by atoms with Crippen molar-refractivity contribution in [3.8, 4) is 0 Å². The van der Waals surface area contributed by atoms with Crippen molar-refractivity contribution >= 4 is 34.1 Å². The number of amides is 2. The van der Waals surface area contributed by atoms with Crippen LogP contribution in [0.5, 0.6) is 0 Å². The molecule has 0 atom stereocenters. The SMILES string of the molecule is CCc1ccccc1NC(=O)Nc1cc(F)c2nc(N3CCCCC3)ccc2c1. The molecule has 1 fully saturated rings. The zero-order valence-corrected chi connectivity index (χ0v) is 16.5. The fourth-order valence-electron chi connectivity index (χ4n) is 3.79. The number of para-hydroxylation sites is 1. The molecule has 5 nitrogen and oxygen atoms in total. The van der Waals surface area contributed by atoms with Gasteiger partial charge in [-0.05, 0) is 61.6 Å². The zero-order chi connectivity index (χ0) is 20.2. The first-order valence-electron chi connectivity index (χ1n) is 10.1. The Morgan fingerprint density at radius 3 is 2.66 bits per heavy atom. The summed E-state index contributed by atoms with van der Waals surface area (Å²) in [6, 6.07) is 14.1. The molecule has 1 aliphatic heterocycles. The normalized spacial score (nSPS) is 14.1. The number of fused-ring (bicyclic) bond motifs is 1. The Kier molecular flexibility index (Phi) is 5.60. The minimum absolute atomic E-state index is 0.329. The summed E-state index contributed by atoms with van der Waals surface area (Å²) in [7, 11) is 0. The van der Waals surface area contributed by atoms with Gasteiger partial charge in [0.25, 0.3) is 0 Å². The van der Waals surface area contributed by atoms with Crippen LogP contribution >= 0.6 is 0 Å². The number of anilines is 3. The van der Waals surface area contributed by atoms with Crippen LogP contribution in [0, 0.1) is 5.82 Å². The standard InChI is InChI=1S/C23H25FN4O/c1-2-16-8-4-5-9-20(16)26-23(29)25-18-14-17-10-11-21(27-22(17)19(24)15-18)28-12-6-3-7-13-28/h4-5,8-11,14-15H,2-3,6-7,12-13H2,1H3,(H2,25,26,29). The number of halogens is 1. The molecular weight excluding hydrogens is 367 g/mol. The number of nitrogens with one attached hydrogen (secondary N) is 2.